The minimum absolute atomic E-state index is 0.553. The number of nitrogens with two attached hydrogens (primary N) is 1. The first-order valence-electron chi connectivity index (χ1n) is 5.66. The van der Waals surface area contributed by atoms with Gasteiger partial charge >= 0.3 is 0 Å². The SMILES string of the molecule is CCOc1ccc(-c2cnc(N)cc2C)cc1. The second kappa shape index (κ2) is 4.87. The first kappa shape index (κ1) is 11.5. The second-order valence-electron chi connectivity index (χ2n) is 3.88. The predicted octanol–water partition coefficient (Wildman–Crippen LogP) is 3.04. The van der Waals surface area contributed by atoms with Gasteiger partial charge in [-0.05, 0) is 43.2 Å². The molecule has 1 aromatic carbocycles. The maximum atomic E-state index is 5.64. The van der Waals surface area contributed by atoms with Gasteiger partial charge in [0.05, 0.1) is 6.61 Å². The molecule has 0 aliphatic carbocycles. The number of anilines is 1. The third-order valence-corrected chi connectivity index (χ3v) is 2.61. The van der Waals surface area contributed by atoms with Gasteiger partial charge in [0.15, 0.2) is 0 Å². The zero-order valence-corrected chi connectivity index (χ0v) is 10.1. The normalized spacial score (nSPS) is 10.2. The van der Waals surface area contributed by atoms with Crippen molar-refractivity contribution in [1.82, 2.24) is 4.98 Å². The second-order valence-corrected chi connectivity index (χ2v) is 3.88. The molecule has 1 aromatic heterocycles. The fraction of sp³-hybridized carbons (Fsp3) is 0.214. The monoisotopic (exact) mass is 228 g/mol. The molecule has 2 rings (SSSR count). The molecular formula is C14H16N2O. The summed E-state index contributed by atoms with van der Waals surface area (Å²) < 4.78 is 5.41. The van der Waals surface area contributed by atoms with E-state index in [9.17, 15) is 0 Å². The van der Waals surface area contributed by atoms with E-state index in [4.69, 9.17) is 10.5 Å². The molecule has 0 aliphatic rings. The summed E-state index contributed by atoms with van der Waals surface area (Å²) in [5.41, 5.74) is 8.99. The molecule has 3 heteroatoms. The molecule has 88 valence electrons. The quantitative estimate of drug-likeness (QED) is 0.878. The number of aryl methyl sites for hydroxylation is 1. The van der Waals surface area contributed by atoms with Gasteiger partial charge in [-0.2, -0.15) is 0 Å². The molecule has 2 N–H and O–H groups in total. The molecule has 0 aliphatic heterocycles. The van der Waals surface area contributed by atoms with Gasteiger partial charge in [-0.25, -0.2) is 4.98 Å². The number of ether oxygens (including phenoxy) is 1. The van der Waals surface area contributed by atoms with E-state index in [0.29, 0.717) is 12.4 Å². The van der Waals surface area contributed by atoms with E-state index in [1.54, 1.807) is 6.20 Å². The first-order chi connectivity index (χ1) is 8.20. The summed E-state index contributed by atoms with van der Waals surface area (Å²) in [6.07, 6.45) is 1.81. The van der Waals surface area contributed by atoms with Crippen LogP contribution in [0, 0.1) is 6.92 Å². The van der Waals surface area contributed by atoms with E-state index in [1.165, 1.54) is 0 Å². The number of rotatable bonds is 3. The van der Waals surface area contributed by atoms with Crippen molar-refractivity contribution in [3.63, 3.8) is 0 Å². The van der Waals surface area contributed by atoms with E-state index >= 15 is 0 Å². The molecule has 0 amide bonds. The van der Waals surface area contributed by atoms with Gasteiger partial charge in [-0.15, -0.1) is 0 Å². The van der Waals surface area contributed by atoms with Crippen molar-refractivity contribution in [1.29, 1.82) is 0 Å². The first-order valence-corrected chi connectivity index (χ1v) is 5.66. The minimum Gasteiger partial charge on any atom is -0.494 e. The topological polar surface area (TPSA) is 48.1 Å². The summed E-state index contributed by atoms with van der Waals surface area (Å²) in [5, 5.41) is 0. The maximum absolute atomic E-state index is 5.64. The lowest BCUT2D eigenvalue weighted by atomic mass is 10.0. The smallest absolute Gasteiger partial charge is 0.123 e. The zero-order chi connectivity index (χ0) is 12.3. The highest BCUT2D eigenvalue weighted by atomic mass is 16.5. The number of hydrogen-bond acceptors (Lipinski definition) is 3. The Labute approximate surface area is 101 Å². The molecule has 17 heavy (non-hydrogen) atoms. The molecule has 0 fully saturated rings. The Morgan fingerprint density at radius 2 is 1.94 bits per heavy atom. The van der Waals surface area contributed by atoms with Crippen molar-refractivity contribution < 1.29 is 4.74 Å². The summed E-state index contributed by atoms with van der Waals surface area (Å²) >= 11 is 0. The number of aromatic nitrogens is 1. The summed E-state index contributed by atoms with van der Waals surface area (Å²) in [6, 6.07) is 9.88. The highest BCUT2D eigenvalue weighted by Crippen LogP contribution is 2.25. The van der Waals surface area contributed by atoms with Crippen molar-refractivity contribution in [2.45, 2.75) is 13.8 Å². The molecule has 0 bridgehead atoms. The van der Waals surface area contributed by atoms with Gasteiger partial charge in [0, 0.05) is 11.8 Å². The lowest BCUT2D eigenvalue weighted by Crippen LogP contribution is -1.93. The average Bonchev–Trinajstić information content (AvgIpc) is 2.31. The lowest BCUT2D eigenvalue weighted by Gasteiger charge is -2.08. The van der Waals surface area contributed by atoms with Crippen LogP contribution in [0.25, 0.3) is 11.1 Å². The summed E-state index contributed by atoms with van der Waals surface area (Å²) in [6.45, 7) is 4.69. The van der Waals surface area contributed by atoms with Gasteiger partial charge in [-0.1, -0.05) is 12.1 Å². The molecule has 3 nitrogen and oxygen atoms in total. The van der Waals surface area contributed by atoms with E-state index in [2.05, 4.69) is 4.98 Å². The number of pyridine rings is 1. The number of nitrogen functional groups attached to an aromatic ring is 1. The predicted molar refractivity (Wildman–Crippen MR) is 70.0 cm³/mol. The third-order valence-electron chi connectivity index (χ3n) is 2.61. The molecule has 0 spiro atoms. The number of benzene rings is 1. The molecular weight excluding hydrogens is 212 g/mol. The van der Waals surface area contributed by atoms with Crippen molar-refractivity contribution >= 4 is 5.82 Å². The zero-order valence-electron chi connectivity index (χ0n) is 10.1. The molecule has 1 heterocycles. The van der Waals surface area contributed by atoms with Gasteiger partial charge in [0.1, 0.15) is 11.6 Å². The van der Waals surface area contributed by atoms with Crippen LogP contribution in [0.1, 0.15) is 12.5 Å². The summed E-state index contributed by atoms with van der Waals surface area (Å²) in [5.74, 6) is 1.44. The maximum Gasteiger partial charge on any atom is 0.123 e. The Kier molecular flexibility index (Phi) is 3.28. The van der Waals surface area contributed by atoms with Crippen LogP contribution in [0.2, 0.25) is 0 Å². The Hall–Kier alpha value is -2.03. The standard InChI is InChI=1S/C14H16N2O/c1-3-17-12-6-4-11(5-7-12)13-9-16-14(15)8-10(13)2/h4-9H,3H2,1-2H3,(H2,15,16). The molecule has 0 saturated carbocycles. The van der Waals surface area contributed by atoms with Gasteiger partial charge in [0.25, 0.3) is 0 Å². The fourth-order valence-electron chi connectivity index (χ4n) is 1.78. The van der Waals surface area contributed by atoms with Crippen molar-refractivity contribution in [3.8, 4) is 16.9 Å². The summed E-state index contributed by atoms with van der Waals surface area (Å²) in [4.78, 5) is 4.12. The summed E-state index contributed by atoms with van der Waals surface area (Å²) in [7, 11) is 0. The van der Waals surface area contributed by atoms with Crippen LogP contribution in [-0.2, 0) is 0 Å². The Morgan fingerprint density at radius 1 is 1.24 bits per heavy atom. The highest BCUT2D eigenvalue weighted by Gasteiger charge is 2.03. The van der Waals surface area contributed by atoms with Crippen LogP contribution in [0.4, 0.5) is 5.82 Å². The van der Waals surface area contributed by atoms with Crippen LogP contribution in [0.5, 0.6) is 5.75 Å². The molecule has 0 atom stereocenters. The lowest BCUT2D eigenvalue weighted by molar-refractivity contribution is 0.340. The Balaban J connectivity index is 2.33. The molecule has 2 aromatic rings. The van der Waals surface area contributed by atoms with E-state index < -0.39 is 0 Å². The fourth-order valence-corrected chi connectivity index (χ4v) is 1.78. The van der Waals surface area contributed by atoms with E-state index in [-0.39, 0.29) is 0 Å². The highest BCUT2D eigenvalue weighted by molar-refractivity contribution is 5.68. The largest absolute Gasteiger partial charge is 0.494 e. The van der Waals surface area contributed by atoms with E-state index in [1.807, 2.05) is 44.2 Å². The van der Waals surface area contributed by atoms with Gasteiger partial charge in [0.2, 0.25) is 0 Å². The Morgan fingerprint density at radius 3 is 2.53 bits per heavy atom. The van der Waals surface area contributed by atoms with Gasteiger partial charge in [-0.3, -0.25) is 0 Å². The van der Waals surface area contributed by atoms with E-state index in [0.717, 1.165) is 22.4 Å². The molecule has 0 unspecified atom stereocenters. The molecule has 0 radical (unpaired) electrons. The van der Waals surface area contributed by atoms with Crippen molar-refractivity contribution in [3.05, 3.63) is 42.1 Å². The minimum atomic E-state index is 0.553. The van der Waals surface area contributed by atoms with Crippen LogP contribution in [0.15, 0.2) is 36.5 Å². The average molecular weight is 228 g/mol. The number of nitrogens with zero attached hydrogens (tertiary/aromatic N) is 1. The van der Waals surface area contributed by atoms with Crippen LogP contribution < -0.4 is 10.5 Å². The Bertz CT molecular complexity index is 506. The van der Waals surface area contributed by atoms with Crippen LogP contribution in [0.3, 0.4) is 0 Å². The van der Waals surface area contributed by atoms with Crippen molar-refractivity contribution in [2.75, 3.05) is 12.3 Å². The number of hydrogen-bond donors (Lipinski definition) is 1. The third kappa shape index (κ3) is 2.56. The van der Waals surface area contributed by atoms with Crippen molar-refractivity contribution in [2.24, 2.45) is 0 Å². The van der Waals surface area contributed by atoms with Gasteiger partial charge < -0.3 is 10.5 Å². The van der Waals surface area contributed by atoms with Crippen LogP contribution >= 0.6 is 0 Å². The molecule has 0 saturated heterocycles. The van der Waals surface area contributed by atoms with Crippen LogP contribution in [-0.4, -0.2) is 11.6 Å².